The first-order chi connectivity index (χ1) is 27.8. The van der Waals surface area contributed by atoms with E-state index >= 15 is 0 Å². The fourth-order valence-electron chi connectivity index (χ4n) is 8.45. The average molecular weight is 712 g/mol. The number of nitrogens with zero attached hydrogens (tertiary/aromatic N) is 3. The lowest BCUT2D eigenvalue weighted by Gasteiger charge is -2.17. The Hall–Kier alpha value is -7.49. The maximum atomic E-state index is 5.35. The number of aromatic nitrogens is 3. The zero-order valence-electron chi connectivity index (χ0n) is 30.4. The minimum atomic E-state index is 0.638. The normalized spacial score (nSPS) is 11.6. The lowest BCUT2D eigenvalue weighted by Crippen LogP contribution is -2.01. The zero-order chi connectivity index (χ0) is 37.0. The number of rotatable bonds is 5. The maximum Gasteiger partial charge on any atom is 0.164 e. The number of fused-ring (bicyclic) bond motifs is 6. The number of hydrogen-bond donors (Lipinski definition) is 0. The van der Waals surface area contributed by atoms with Crippen molar-refractivity contribution in [3.05, 3.63) is 200 Å². The summed E-state index contributed by atoms with van der Waals surface area (Å²) in [6.45, 7) is 0. The molecule has 0 aliphatic heterocycles. The van der Waals surface area contributed by atoms with Gasteiger partial charge in [-0.05, 0) is 100 Å². The standard InChI is InChI=1S/C53H33N3/c1-3-15-34(16-4-1)39-31-37-20-8-11-23-41(37)49(33-39)53-55-51(36-18-5-2-6-19-36)54-52(56-53)47-30-29-45(43-25-13-14-26-44(43)47)50-42-24-12-9-21-38(42)32-48-40-22-10-7-17-35(40)27-28-46(48)50/h1-33H. The first kappa shape index (κ1) is 32.0. The van der Waals surface area contributed by atoms with E-state index in [1.165, 1.54) is 43.4 Å². The Morgan fingerprint density at radius 2 is 0.750 bits per heavy atom. The van der Waals surface area contributed by atoms with Crippen molar-refractivity contribution < 1.29 is 0 Å². The van der Waals surface area contributed by atoms with Crippen molar-refractivity contribution in [3.63, 3.8) is 0 Å². The Morgan fingerprint density at radius 3 is 1.48 bits per heavy atom. The van der Waals surface area contributed by atoms with E-state index in [9.17, 15) is 0 Å². The van der Waals surface area contributed by atoms with Crippen LogP contribution in [0.2, 0.25) is 0 Å². The van der Waals surface area contributed by atoms with Gasteiger partial charge in [-0.2, -0.15) is 0 Å². The summed E-state index contributed by atoms with van der Waals surface area (Å²) >= 11 is 0. The van der Waals surface area contributed by atoms with E-state index in [0.717, 1.165) is 49.4 Å². The van der Waals surface area contributed by atoms with E-state index in [2.05, 4.69) is 182 Å². The zero-order valence-corrected chi connectivity index (χ0v) is 30.4. The molecule has 0 bridgehead atoms. The third kappa shape index (κ3) is 5.32. The van der Waals surface area contributed by atoms with Gasteiger partial charge in [0.1, 0.15) is 0 Å². The van der Waals surface area contributed by atoms with Gasteiger partial charge in [0.2, 0.25) is 0 Å². The Kier molecular flexibility index (Phi) is 7.49. The van der Waals surface area contributed by atoms with Crippen LogP contribution in [0, 0.1) is 0 Å². The van der Waals surface area contributed by atoms with Crippen molar-refractivity contribution >= 4 is 53.9 Å². The Labute approximate surface area is 324 Å². The highest BCUT2D eigenvalue weighted by atomic mass is 15.0. The van der Waals surface area contributed by atoms with E-state index in [1.54, 1.807) is 0 Å². The molecule has 0 saturated heterocycles. The molecule has 0 amide bonds. The molecule has 0 saturated carbocycles. The predicted octanol–water partition coefficient (Wildman–Crippen LogP) is 14.0. The van der Waals surface area contributed by atoms with Crippen LogP contribution >= 0.6 is 0 Å². The van der Waals surface area contributed by atoms with Gasteiger partial charge in [0.05, 0.1) is 0 Å². The highest BCUT2D eigenvalue weighted by Gasteiger charge is 2.20. The van der Waals surface area contributed by atoms with Crippen molar-refractivity contribution in [2.24, 2.45) is 0 Å². The van der Waals surface area contributed by atoms with Crippen molar-refractivity contribution in [1.82, 2.24) is 15.0 Å². The van der Waals surface area contributed by atoms with Gasteiger partial charge in [-0.15, -0.1) is 0 Å². The second-order valence-corrected chi connectivity index (χ2v) is 14.3. The molecule has 56 heavy (non-hydrogen) atoms. The molecule has 0 radical (unpaired) electrons. The van der Waals surface area contributed by atoms with Gasteiger partial charge in [0.25, 0.3) is 0 Å². The molecule has 11 rings (SSSR count). The molecule has 0 N–H and O–H groups in total. The largest absolute Gasteiger partial charge is 0.208 e. The second kappa shape index (κ2) is 13.1. The highest BCUT2D eigenvalue weighted by Crippen LogP contribution is 2.44. The van der Waals surface area contributed by atoms with Gasteiger partial charge in [-0.3, -0.25) is 0 Å². The van der Waals surface area contributed by atoms with E-state index < -0.39 is 0 Å². The highest BCUT2D eigenvalue weighted by molar-refractivity contribution is 6.23. The molecule has 1 heterocycles. The Balaban J connectivity index is 1.18. The topological polar surface area (TPSA) is 38.7 Å². The minimum Gasteiger partial charge on any atom is -0.208 e. The fraction of sp³-hybridized carbons (Fsp3) is 0. The van der Waals surface area contributed by atoms with Gasteiger partial charge in [-0.25, -0.2) is 15.0 Å². The molecule has 0 unspecified atom stereocenters. The van der Waals surface area contributed by atoms with Crippen LogP contribution < -0.4 is 0 Å². The van der Waals surface area contributed by atoms with Gasteiger partial charge in [0, 0.05) is 16.7 Å². The monoisotopic (exact) mass is 711 g/mol. The molecule has 0 spiro atoms. The summed E-state index contributed by atoms with van der Waals surface area (Å²) in [6, 6.07) is 71.2. The quantitative estimate of drug-likeness (QED) is 0.132. The fourth-order valence-corrected chi connectivity index (χ4v) is 8.45. The van der Waals surface area contributed by atoms with E-state index in [4.69, 9.17) is 15.0 Å². The molecular formula is C53H33N3. The molecule has 0 atom stereocenters. The molecule has 0 fully saturated rings. The summed E-state index contributed by atoms with van der Waals surface area (Å²) in [7, 11) is 0. The van der Waals surface area contributed by atoms with Crippen LogP contribution in [0.15, 0.2) is 200 Å². The van der Waals surface area contributed by atoms with Crippen molar-refractivity contribution in [2.45, 2.75) is 0 Å². The summed E-state index contributed by atoms with van der Waals surface area (Å²) in [6.07, 6.45) is 0. The van der Waals surface area contributed by atoms with Gasteiger partial charge >= 0.3 is 0 Å². The van der Waals surface area contributed by atoms with Crippen LogP contribution in [0.1, 0.15) is 0 Å². The summed E-state index contributed by atoms with van der Waals surface area (Å²) in [5, 5.41) is 11.9. The lowest BCUT2D eigenvalue weighted by molar-refractivity contribution is 1.08. The van der Waals surface area contributed by atoms with Gasteiger partial charge in [0.15, 0.2) is 17.5 Å². The Bertz CT molecular complexity index is 3300. The Morgan fingerprint density at radius 1 is 0.232 bits per heavy atom. The lowest BCUT2D eigenvalue weighted by atomic mass is 9.87. The molecule has 1 aromatic heterocycles. The molecule has 0 aliphatic rings. The summed E-state index contributed by atoms with van der Waals surface area (Å²) in [5.74, 6) is 1.92. The predicted molar refractivity (Wildman–Crippen MR) is 235 cm³/mol. The van der Waals surface area contributed by atoms with Crippen LogP contribution in [0.5, 0.6) is 0 Å². The minimum absolute atomic E-state index is 0.638. The molecular weight excluding hydrogens is 679 g/mol. The maximum absolute atomic E-state index is 5.35. The van der Waals surface area contributed by atoms with Crippen LogP contribution in [0.3, 0.4) is 0 Å². The van der Waals surface area contributed by atoms with Gasteiger partial charge < -0.3 is 0 Å². The van der Waals surface area contributed by atoms with Crippen LogP contribution in [-0.4, -0.2) is 15.0 Å². The van der Waals surface area contributed by atoms with E-state index in [1.807, 2.05) is 18.2 Å². The first-order valence-corrected chi connectivity index (χ1v) is 19.0. The third-order valence-corrected chi connectivity index (χ3v) is 11.1. The van der Waals surface area contributed by atoms with E-state index in [0.29, 0.717) is 17.5 Å². The van der Waals surface area contributed by atoms with Crippen LogP contribution in [-0.2, 0) is 0 Å². The number of benzene rings is 10. The smallest absolute Gasteiger partial charge is 0.164 e. The van der Waals surface area contributed by atoms with E-state index in [-0.39, 0.29) is 0 Å². The average Bonchev–Trinajstić information content (AvgIpc) is 3.28. The molecule has 260 valence electrons. The summed E-state index contributed by atoms with van der Waals surface area (Å²) < 4.78 is 0. The molecule has 3 heteroatoms. The number of hydrogen-bond acceptors (Lipinski definition) is 3. The molecule has 11 aromatic rings. The summed E-state index contributed by atoms with van der Waals surface area (Å²) in [4.78, 5) is 15.8. The van der Waals surface area contributed by atoms with Crippen LogP contribution in [0.4, 0.5) is 0 Å². The summed E-state index contributed by atoms with van der Waals surface area (Å²) in [5.41, 5.74) is 7.55. The molecule has 3 nitrogen and oxygen atoms in total. The van der Waals surface area contributed by atoms with Crippen molar-refractivity contribution in [1.29, 1.82) is 0 Å². The van der Waals surface area contributed by atoms with Gasteiger partial charge in [-0.1, -0.05) is 176 Å². The van der Waals surface area contributed by atoms with Crippen LogP contribution in [0.25, 0.3) is 110 Å². The first-order valence-electron chi connectivity index (χ1n) is 19.0. The molecule has 10 aromatic carbocycles. The molecule has 0 aliphatic carbocycles. The second-order valence-electron chi connectivity index (χ2n) is 14.3. The van der Waals surface area contributed by atoms with Crippen molar-refractivity contribution in [3.8, 4) is 56.4 Å². The van der Waals surface area contributed by atoms with Crippen molar-refractivity contribution in [2.75, 3.05) is 0 Å². The third-order valence-electron chi connectivity index (χ3n) is 11.1. The SMILES string of the molecule is c1ccc(-c2cc(-c3nc(-c4ccccc4)nc(-c4ccc(-c5c6ccccc6cc6c5ccc5ccccc56)c5ccccc45)n3)c3ccccc3c2)cc1.